The van der Waals surface area contributed by atoms with Gasteiger partial charge in [-0.2, -0.15) is 0 Å². The van der Waals surface area contributed by atoms with Crippen LogP contribution in [0.4, 0.5) is 0 Å². The number of nitrogens with one attached hydrogen (secondary N) is 1. The van der Waals surface area contributed by atoms with Crippen molar-refractivity contribution in [1.29, 1.82) is 0 Å². The summed E-state index contributed by atoms with van der Waals surface area (Å²) in [5.41, 5.74) is 0.627. The van der Waals surface area contributed by atoms with Crippen LogP contribution in [0.25, 0.3) is 0 Å². The maximum Gasteiger partial charge on any atom is 0.00967 e. The van der Waals surface area contributed by atoms with Gasteiger partial charge in [0.1, 0.15) is 0 Å². The number of hydrogen-bond acceptors (Lipinski definition) is 2. The molecule has 0 aromatic heterocycles. The molecule has 0 aliphatic heterocycles. The van der Waals surface area contributed by atoms with E-state index in [1.165, 1.54) is 45.2 Å². The molecule has 0 spiro atoms. The van der Waals surface area contributed by atoms with Gasteiger partial charge in [0.25, 0.3) is 0 Å². The summed E-state index contributed by atoms with van der Waals surface area (Å²) in [7, 11) is 2.31. The van der Waals surface area contributed by atoms with Crippen molar-refractivity contribution < 1.29 is 0 Å². The van der Waals surface area contributed by atoms with Crippen molar-refractivity contribution in [3.05, 3.63) is 0 Å². The highest BCUT2D eigenvalue weighted by Gasteiger charge is 2.28. The van der Waals surface area contributed by atoms with Gasteiger partial charge >= 0.3 is 0 Å². The van der Waals surface area contributed by atoms with Gasteiger partial charge in [-0.25, -0.2) is 0 Å². The van der Waals surface area contributed by atoms with Crippen LogP contribution in [0, 0.1) is 11.3 Å². The second kappa shape index (κ2) is 7.08. The Bertz CT molecular complexity index is 252. The minimum atomic E-state index is 0.224. The van der Waals surface area contributed by atoms with Crippen LogP contribution < -0.4 is 5.32 Å². The van der Waals surface area contributed by atoms with E-state index in [1.54, 1.807) is 0 Å². The van der Waals surface area contributed by atoms with Crippen molar-refractivity contribution in [3.8, 4) is 0 Å². The minimum absolute atomic E-state index is 0.224. The van der Waals surface area contributed by atoms with Gasteiger partial charge in [0.2, 0.25) is 0 Å². The minimum Gasteiger partial charge on any atom is -0.311 e. The van der Waals surface area contributed by atoms with E-state index in [-0.39, 0.29) is 5.54 Å². The van der Waals surface area contributed by atoms with E-state index in [0.29, 0.717) is 5.41 Å². The van der Waals surface area contributed by atoms with Crippen LogP contribution in [0.1, 0.15) is 66.7 Å². The molecule has 1 rings (SSSR count). The highest BCUT2D eigenvalue weighted by molar-refractivity contribution is 4.84. The highest BCUT2D eigenvalue weighted by Crippen LogP contribution is 2.29. The summed E-state index contributed by atoms with van der Waals surface area (Å²) in [5.74, 6) is 0.978. The third-order valence-corrected chi connectivity index (χ3v) is 4.35. The van der Waals surface area contributed by atoms with Gasteiger partial charge in [-0.05, 0) is 58.4 Å². The van der Waals surface area contributed by atoms with Gasteiger partial charge < -0.3 is 10.2 Å². The summed E-state index contributed by atoms with van der Waals surface area (Å²) < 4.78 is 0. The quantitative estimate of drug-likeness (QED) is 0.718. The van der Waals surface area contributed by atoms with Crippen molar-refractivity contribution in [2.24, 2.45) is 11.3 Å². The summed E-state index contributed by atoms with van der Waals surface area (Å²) in [4.78, 5) is 2.57. The zero-order valence-electron chi connectivity index (χ0n) is 14.2. The molecule has 0 bridgehead atoms. The fraction of sp³-hybridized carbons (Fsp3) is 1.00. The second-order valence-electron chi connectivity index (χ2n) is 8.16. The van der Waals surface area contributed by atoms with E-state index in [0.717, 1.165) is 12.5 Å². The average molecular weight is 268 g/mol. The molecule has 1 unspecified atom stereocenters. The molecule has 1 aliphatic carbocycles. The molecule has 0 amide bonds. The Morgan fingerprint density at radius 1 is 1.16 bits per heavy atom. The number of nitrogens with zero attached hydrogens (tertiary/aromatic N) is 1. The molecule has 0 aromatic rings. The molecule has 0 radical (unpaired) electrons. The molecule has 0 aromatic carbocycles. The molecular formula is C17H36N2. The van der Waals surface area contributed by atoms with Crippen LogP contribution in [0.3, 0.4) is 0 Å². The van der Waals surface area contributed by atoms with Gasteiger partial charge in [-0.15, -0.1) is 0 Å². The molecule has 0 heterocycles. The van der Waals surface area contributed by atoms with Crippen LogP contribution in [-0.2, 0) is 0 Å². The Balaban J connectivity index is 2.43. The molecule has 1 N–H and O–H groups in total. The van der Waals surface area contributed by atoms with Crippen LogP contribution >= 0.6 is 0 Å². The van der Waals surface area contributed by atoms with Crippen LogP contribution in [0.15, 0.2) is 0 Å². The zero-order chi connectivity index (χ0) is 14.5. The standard InChI is InChI=1S/C17H36N2/c1-7-11-17(5,13-18-16(2,3)4)14-19(6)12-15-9-8-10-15/h15,18H,7-14H2,1-6H3. The lowest BCUT2D eigenvalue weighted by atomic mass is 9.82. The van der Waals surface area contributed by atoms with Crippen LogP contribution in [-0.4, -0.2) is 37.1 Å². The maximum atomic E-state index is 3.71. The molecule has 1 aliphatic rings. The molecule has 0 saturated heterocycles. The predicted molar refractivity (Wildman–Crippen MR) is 85.6 cm³/mol. The monoisotopic (exact) mass is 268 g/mol. The van der Waals surface area contributed by atoms with Gasteiger partial charge in [0.05, 0.1) is 0 Å². The SMILES string of the molecule is CCCC(C)(CNC(C)(C)C)CN(C)CC1CCC1. The van der Waals surface area contributed by atoms with Gasteiger partial charge in [0.15, 0.2) is 0 Å². The lowest BCUT2D eigenvalue weighted by Crippen LogP contribution is -2.47. The number of hydrogen-bond donors (Lipinski definition) is 1. The fourth-order valence-electron chi connectivity index (χ4n) is 3.14. The van der Waals surface area contributed by atoms with Gasteiger partial charge in [0, 0.05) is 25.2 Å². The van der Waals surface area contributed by atoms with Gasteiger partial charge in [-0.3, -0.25) is 0 Å². The van der Waals surface area contributed by atoms with E-state index < -0.39 is 0 Å². The zero-order valence-corrected chi connectivity index (χ0v) is 14.2. The Labute approximate surface area is 121 Å². The summed E-state index contributed by atoms with van der Waals surface area (Å²) >= 11 is 0. The third-order valence-electron chi connectivity index (χ3n) is 4.35. The van der Waals surface area contributed by atoms with Crippen molar-refractivity contribution in [3.63, 3.8) is 0 Å². The molecule has 19 heavy (non-hydrogen) atoms. The molecule has 1 fully saturated rings. The van der Waals surface area contributed by atoms with Gasteiger partial charge in [-0.1, -0.05) is 26.7 Å². The second-order valence-corrected chi connectivity index (χ2v) is 8.16. The van der Waals surface area contributed by atoms with E-state index in [9.17, 15) is 0 Å². The van der Waals surface area contributed by atoms with E-state index in [4.69, 9.17) is 0 Å². The van der Waals surface area contributed by atoms with Crippen molar-refractivity contribution >= 4 is 0 Å². The smallest absolute Gasteiger partial charge is 0.00967 e. The topological polar surface area (TPSA) is 15.3 Å². The summed E-state index contributed by atoms with van der Waals surface area (Å²) in [5, 5.41) is 3.71. The largest absolute Gasteiger partial charge is 0.311 e. The summed E-state index contributed by atoms with van der Waals surface area (Å²) in [6, 6.07) is 0. The first-order valence-electron chi connectivity index (χ1n) is 8.18. The highest BCUT2D eigenvalue weighted by atomic mass is 15.1. The first-order chi connectivity index (χ1) is 8.74. The lowest BCUT2D eigenvalue weighted by Gasteiger charge is -2.39. The number of rotatable bonds is 8. The van der Waals surface area contributed by atoms with Crippen molar-refractivity contribution in [1.82, 2.24) is 10.2 Å². The predicted octanol–water partition coefficient (Wildman–Crippen LogP) is 3.91. The fourth-order valence-corrected chi connectivity index (χ4v) is 3.14. The molecule has 114 valence electrons. The maximum absolute atomic E-state index is 3.71. The molecular weight excluding hydrogens is 232 g/mol. The third kappa shape index (κ3) is 6.76. The van der Waals surface area contributed by atoms with Crippen LogP contribution in [0.2, 0.25) is 0 Å². The molecule has 1 saturated carbocycles. The normalized spacial score (nSPS) is 20.4. The summed E-state index contributed by atoms with van der Waals surface area (Å²) in [6.45, 7) is 15.2. The van der Waals surface area contributed by atoms with Crippen molar-refractivity contribution in [2.75, 3.05) is 26.7 Å². The first-order valence-corrected chi connectivity index (χ1v) is 8.18. The lowest BCUT2D eigenvalue weighted by molar-refractivity contribution is 0.128. The molecule has 1 atom stereocenters. The van der Waals surface area contributed by atoms with E-state index in [1.807, 2.05) is 0 Å². The molecule has 2 nitrogen and oxygen atoms in total. The average Bonchev–Trinajstić information content (AvgIpc) is 2.20. The molecule has 2 heteroatoms. The Morgan fingerprint density at radius 2 is 1.79 bits per heavy atom. The van der Waals surface area contributed by atoms with E-state index >= 15 is 0 Å². The first kappa shape index (κ1) is 17.0. The van der Waals surface area contributed by atoms with E-state index in [2.05, 4.69) is 51.9 Å². The Kier molecular flexibility index (Phi) is 6.32. The summed E-state index contributed by atoms with van der Waals surface area (Å²) in [6.07, 6.45) is 6.95. The Morgan fingerprint density at radius 3 is 2.21 bits per heavy atom. The van der Waals surface area contributed by atoms with Crippen molar-refractivity contribution in [2.45, 2.75) is 72.3 Å². The van der Waals surface area contributed by atoms with Crippen LogP contribution in [0.5, 0.6) is 0 Å². The Hall–Kier alpha value is -0.0800.